The predicted molar refractivity (Wildman–Crippen MR) is 98.4 cm³/mol. The number of rotatable bonds is 5. The van der Waals surface area contributed by atoms with Crippen molar-refractivity contribution < 1.29 is 0 Å². The molecule has 1 saturated heterocycles. The van der Waals surface area contributed by atoms with Crippen molar-refractivity contribution in [3.05, 3.63) is 53.1 Å². The first-order valence-electron chi connectivity index (χ1n) is 8.35. The molecule has 1 aliphatic rings. The Morgan fingerprint density at radius 2 is 2.00 bits per heavy atom. The number of likely N-dealkylation sites (N-methyl/N-ethyl adjacent to an activating group) is 1. The number of aromatic nitrogens is 2. The minimum Gasteiger partial charge on any atom is -0.369 e. The fourth-order valence-electron chi connectivity index (χ4n) is 2.96. The first kappa shape index (κ1) is 17.1. The third-order valence-corrected chi connectivity index (χ3v) is 4.90. The van der Waals surface area contributed by atoms with Crippen LogP contribution in [0.2, 0.25) is 5.02 Å². The molecular formula is C18H24ClN5. The monoisotopic (exact) mass is 345 g/mol. The molecule has 2 heterocycles. The SMILES string of the molecule is C[C@H](NCc1c(Cl)cccc1N1CCN(C)CC1)c1cnccn1. The van der Waals surface area contributed by atoms with Crippen LogP contribution in [0.4, 0.5) is 5.69 Å². The minimum absolute atomic E-state index is 0.121. The highest BCUT2D eigenvalue weighted by Crippen LogP contribution is 2.29. The van der Waals surface area contributed by atoms with E-state index in [9.17, 15) is 0 Å². The van der Waals surface area contributed by atoms with Crippen molar-refractivity contribution in [2.75, 3.05) is 38.1 Å². The molecule has 3 rings (SSSR count). The Morgan fingerprint density at radius 3 is 2.71 bits per heavy atom. The van der Waals surface area contributed by atoms with E-state index in [1.54, 1.807) is 18.6 Å². The lowest BCUT2D eigenvalue weighted by Gasteiger charge is -2.35. The molecule has 1 aromatic carbocycles. The Hall–Kier alpha value is -1.69. The number of piperazine rings is 1. The molecule has 2 aromatic rings. The summed E-state index contributed by atoms with van der Waals surface area (Å²) in [6.07, 6.45) is 5.21. The molecule has 5 nitrogen and oxygen atoms in total. The van der Waals surface area contributed by atoms with Crippen molar-refractivity contribution in [2.24, 2.45) is 0 Å². The molecule has 0 radical (unpaired) electrons. The van der Waals surface area contributed by atoms with Crippen LogP contribution in [0, 0.1) is 0 Å². The van der Waals surface area contributed by atoms with E-state index in [1.807, 2.05) is 12.1 Å². The van der Waals surface area contributed by atoms with Gasteiger partial charge in [-0.1, -0.05) is 17.7 Å². The standard InChI is InChI=1S/C18H24ClN5/c1-14(17-13-20-6-7-21-17)22-12-15-16(19)4-3-5-18(15)24-10-8-23(2)9-11-24/h3-7,13-14,22H,8-12H2,1-2H3/t14-/m0/s1. The van der Waals surface area contributed by atoms with Crippen LogP contribution in [0.25, 0.3) is 0 Å². The van der Waals surface area contributed by atoms with E-state index >= 15 is 0 Å². The number of nitrogens with zero attached hydrogens (tertiary/aromatic N) is 4. The number of benzene rings is 1. The Morgan fingerprint density at radius 1 is 1.21 bits per heavy atom. The molecule has 0 saturated carbocycles. The fraction of sp³-hybridized carbons (Fsp3) is 0.444. The third kappa shape index (κ3) is 4.04. The van der Waals surface area contributed by atoms with Crippen LogP contribution in [-0.4, -0.2) is 48.1 Å². The van der Waals surface area contributed by atoms with Crippen LogP contribution in [-0.2, 0) is 6.54 Å². The van der Waals surface area contributed by atoms with Crippen LogP contribution < -0.4 is 10.2 Å². The second kappa shape index (κ2) is 7.92. The highest BCUT2D eigenvalue weighted by molar-refractivity contribution is 6.31. The maximum absolute atomic E-state index is 6.50. The van der Waals surface area contributed by atoms with Crippen LogP contribution in [0.1, 0.15) is 24.2 Å². The van der Waals surface area contributed by atoms with Crippen LogP contribution in [0.5, 0.6) is 0 Å². The van der Waals surface area contributed by atoms with Gasteiger partial charge in [-0.15, -0.1) is 0 Å². The molecule has 6 heteroatoms. The van der Waals surface area contributed by atoms with Crippen LogP contribution in [0.3, 0.4) is 0 Å². The zero-order valence-electron chi connectivity index (χ0n) is 14.2. The molecule has 0 amide bonds. The Balaban J connectivity index is 1.73. The maximum atomic E-state index is 6.50. The molecule has 1 aliphatic heterocycles. The van der Waals surface area contributed by atoms with E-state index in [4.69, 9.17) is 11.6 Å². The Labute approximate surface area is 148 Å². The van der Waals surface area contributed by atoms with Crippen molar-refractivity contribution in [3.8, 4) is 0 Å². The van der Waals surface area contributed by atoms with E-state index in [-0.39, 0.29) is 6.04 Å². The molecule has 1 N–H and O–H groups in total. The highest BCUT2D eigenvalue weighted by Gasteiger charge is 2.19. The number of hydrogen-bond donors (Lipinski definition) is 1. The number of halogens is 1. The minimum atomic E-state index is 0.121. The van der Waals surface area contributed by atoms with Gasteiger partial charge in [-0.05, 0) is 26.1 Å². The summed E-state index contributed by atoms with van der Waals surface area (Å²) >= 11 is 6.50. The topological polar surface area (TPSA) is 44.3 Å². The number of hydrogen-bond acceptors (Lipinski definition) is 5. The second-order valence-electron chi connectivity index (χ2n) is 6.26. The van der Waals surface area contributed by atoms with E-state index in [1.165, 1.54) is 5.69 Å². The summed E-state index contributed by atoms with van der Waals surface area (Å²) in [6.45, 7) is 7.02. The summed E-state index contributed by atoms with van der Waals surface area (Å²) in [5.74, 6) is 0. The van der Waals surface area contributed by atoms with Gasteiger partial charge in [0.25, 0.3) is 0 Å². The summed E-state index contributed by atoms with van der Waals surface area (Å²) in [4.78, 5) is 13.3. The zero-order chi connectivity index (χ0) is 16.9. The van der Waals surface area contributed by atoms with Crippen molar-refractivity contribution >= 4 is 17.3 Å². The molecule has 0 aliphatic carbocycles. The highest BCUT2D eigenvalue weighted by atomic mass is 35.5. The third-order valence-electron chi connectivity index (χ3n) is 4.55. The summed E-state index contributed by atoms with van der Waals surface area (Å²) < 4.78 is 0. The van der Waals surface area contributed by atoms with Gasteiger partial charge >= 0.3 is 0 Å². The molecule has 1 aromatic heterocycles. The Kier molecular flexibility index (Phi) is 5.66. The second-order valence-corrected chi connectivity index (χ2v) is 6.67. The van der Waals surface area contributed by atoms with Gasteiger partial charge in [-0.2, -0.15) is 0 Å². The zero-order valence-corrected chi connectivity index (χ0v) is 15.0. The first-order valence-corrected chi connectivity index (χ1v) is 8.73. The molecular weight excluding hydrogens is 322 g/mol. The molecule has 1 fully saturated rings. The fourth-order valence-corrected chi connectivity index (χ4v) is 3.20. The summed E-state index contributed by atoms with van der Waals surface area (Å²) in [6, 6.07) is 6.29. The first-order chi connectivity index (χ1) is 11.6. The summed E-state index contributed by atoms with van der Waals surface area (Å²) in [5, 5.41) is 4.33. The van der Waals surface area contributed by atoms with E-state index in [2.05, 4.69) is 45.1 Å². The van der Waals surface area contributed by atoms with Gasteiger partial charge in [-0.25, -0.2) is 0 Å². The van der Waals surface area contributed by atoms with Crippen molar-refractivity contribution in [2.45, 2.75) is 19.5 Å². The van der Waals surface area contributed by atoms with Crippen molar-refractivity contribution in [1.82, 2.24) is 20.2 Å². The van der Waals surface area contributed by atoms with E-state index < -0.39 is 0 Å². The predicted octanol–water partition coefficient (Wildman–Crippen LogP) is 2.73. The Bertz CT molecular complexity index is 656. The summed E-state index contributed by atoms with van der Waals surface area (Å²) in [7, 11) is 2.17. The molecule has 0 spiro atoms. The molecule has 24 heavy (non-hydrogen) atoms. The average molecular weight is 346 g/mol. The number of nitrogens with one attached hydrogen (secondary N) is 1. The van der Waals surface area contributed by atoms with Gasteiger partial charge in [0.1, 0.15) is 0 Å². The van der Waals surface area contributed by atoms with Gasteiger partial charge < -0.3 is 15.1 Å². The summed E-state index contributed by atoms with van der Waals surface area (Å²) in [5.41, 5.74) is 3.32. The molecule has 128 valence electrons. The van der Waals surface area contributed by atoms with Gasteiger partial charge in [0.2, 0.25) is 0 Å². The largest absolute Gasteiger partial charge is 0.369 e. The van der Waals surface area contributed by atoms with Gasteiger partial charge in [-0.3, -0.25) is 9.97 Å². The molecule has 0 unspecified atom stereocenters. The van der Waals surface area contributed by atoms with Gasteiger partial charge in [0.15, 0.2) is 0 Å². The quantitative estimate of drug-likeness (QED) is 0.902. The van der Waals surface area contributed by atoms with Gasteiger partial charge in [0, 0.05) is 73.6 Å². The normalized spacial score (nSPS) is 17.0. The maximum Gasteiger partial charge on any atom is 0.0753 e. The lowest BCUT2D eigenvalue weighted by atomic mass is 10.1. The average Bonchev–Trinajstić information content (AvgIpc) is 2.62. The van der Waals surface area contributed by atoms with Crippen LogP contribution in [0.15, 0.2) is 36.8 Å². The molecule has 1 atom stereocenters. The van der Waals surface area contributed by atoms with Crippen molar-refractivity contribution in [1.29, 1.82) is 0 Å². The van der Waals surface area contributed by atoms with E-state index in [0.29, 0.717) is 6.54 Å². The lowest BCUT2D eigenvalue weighted by molar-refractivity contribution is 0.312. The number of anilines is 1. The molecule has 0 bridgehead atoms. The lowest BCUT2D eigenvalue weighted by Crippen LogP contribution is -2.45. The smallest absolute Gasteiger partial charge is 0.0753 e. The van der Waals surface area contributed by atoms with Crippen molar-refractivity contribution in [3.63, 3.8) is 0 Å². The van der Waals surface area contributed by atoms with Crippen LogP contribution >= 0.6 is 11.6 Å². The van der Waals surface area contributed by atoms with E-state index in [0.717, 1.165) is 42.5 Å². The van der Waals surface area contributed by atoms with Gasteiger partial charge in [0.05, 0.1) is 5.69 Å².